The van der Waals surface area contributed by atoms with E-state index in [0.717, 1.165) is 5.56 Å². The molecule has 0 spiro atoms. The van der Waals surface area contributed by atoms with Crippen molar-refractivity contribution in [2.24, 2.45) is 0 Å². The molecule has 0 saturated heterocycles. The number of para-hydroxylation sites is 1. The fourth-order valence-corrected chi connectivity index (χ4v) is 1.98. The lowest BCUT2D eigenvalue weighted by molar-refractivity contribution is -0.144. The minimum Gasteiger partial charge on any atom is -0.489 e. The number of aliphatic carboxylic acids is 1. The third-order valence-electron chi connectivity index (χ3n) is 3.15. The molecular formula is C13H15NO5. The van der Waals surface area contributed by atoms with Crippen LogP contribution in [0, 0.1) is 0 Å². The van der Waals surface area contributed by atoms with Gasteiger partial charge in [0, 0.05) is 11.5 Å². The van der Waals surface area contributed by atoms with Crippen molar-refractivity contribution in [2.45, 2.75) is 25.9 Å². The Kier molecular flexibility index (Phi) is 3.71. The van der Waals surface area contributed by atoms with E-state index in [1.54, 1.807) is 12.1 Å². The molecule has 1 aromatic carbocycles. The highest BCUT2D eigenvalue weighted by atomic mass is 16.7. The summed E-state index contributed by atoms with van der Waals surface area (Å²) in [6.45, 7) is 3.38. The first-order valence-corrected chi connectivity index (χ1v) is 5.94. The van der Waals surface area contributed by atoms with Gasteiger partial charge in [0.05, 0.1) is 5.56 Å². The number of carbonyl (C=O) groups is 2. The van der Waals surface area contributed by atoms with Gasteiger partial charge in [0.1, 0.15) is 11.9 Å². The van der Waals surface area contributed by atoms with Crippen LogP contribution in [0.1, 0.15) is 35.7 Å². The summed E-state index contributed by atoms with van der Waals surface area (Å²) >= 11 is 0. The number of fused-ring (bicyclic) bond motifs is 1. The number of nitrogens with one attached hydrogen (secondary N) is 1. The first-order valence-electron chi connectivity index (χ1n) is 5.94. The molecule has 2 atom stereocenters. The quantitative estimate of drug-likeness (QED) is 0.802. The summed E-state index contributed by atoms with van der Waals surface area (Å²) in [4.78, 5) is 26.7. The molecule has 0 bridgehead atoms. The van der Waals surface area contributed by atoms with Crippen LogP contribution in [0.4, 0.5) is 0 Å². The summed E-state index contributed by atoms with van der Waals surface area (Å²) in [5.74, 6) is -0.918. The number of hydrogen-bond acceptors (Lipinski definition) is 4. The summed E-state index contributed by atoms with van der Waals surface area (Å²) in [6, 6.07) is 5.30. The molecular weight excluding hydrogens is 250 g/mol. The molecule has 2 N–H and O–H groups in total. The van der Waals surface area contributed by atoms with Gasteiger partial charge < -0.3 is 9.84 Å². The van der Waals surface area contributed by atoms with Gasteiger partial charge in [0.15, 0.2) is 6.61 Å². The van der Waals surface area contributed by atoms with Crippen molar-refractivity contribution in [2.75, 3.05) is 6.61 Å². The highest BCUT2D eigenvalue weighted by molar-refractivity contribution is 5.97. The van der Waals surface area contributed by atoms with E-state index >= 15 is 0 Å². The molecule has 1 amide bonds. The molecule has 1 aliphatic rings. The van der Waals surface area contributed by atoms with Gasteiger partial charge in [-0.3, -0.25) is 9.63 Å². The molecule has 2 rings (SSSR count). The molecule has 102 valence electrons. The second-order valence-electron chi connectivity index (χ2n) is 4.45. The van der Waals surface area contributed by atoms with Crippen molar-refractivity contribution in [3.63, 3.8) is 0 Å². The largest absolute Gasteiger partial charge is 0.489 e. The third-order valence-corrected chi connectivity index (χ3v) is 3.15. The Morgan fingerprint density at radius 3 is 2.84 bits per heavy atom. The maximum absolute atomic E-state index is 11.9. The summed E-state index contributed by atoms with van der Waals surface area (Å²) in [7, 11) is 0. The Morgan fingerprint density at radius 2 is 2.16 bits per heavy atom. The number of hydroxylamine groups is 1. The third kappa shape index (κ3) is 2.68. The van der Waals surface area contributed by atoms with Crippen molar-refractivity contribution in [3.05, 3.63) is 29.3 Å². The lowest BCUT2D eigenvalue weighted by Gasteiger charge is -2.09. The molecule has 0 fully saturated rings. The van der Waals surface area contributed by atoms with Crippen molar-refractivity contribution in [1.29, 1.82) is 0 Å². The Morgan fingerprint density at radius 1 is 1.42 bits per heavy atom. The molecule has 0 aliphatic carbocycles. The first kappa shape index (κ1) is 13.4. The second kappa shape index (κ2) is 5.27. The Balaban J connectivity index is 2.14. The van der Waals surface area contributed by atoms with E-state index in [9.17, 15) is 9.59 Å². The lowest BCUT2D eigenvalue weighted by Crippen LogP contribution is -2.27. The van der Waals surface area contributed by atoms with Crippen LogP contribution in [0.2, 0.25) is 0 Å². The van der Waals surface area contributed by atoms with Crippen LogP contribution in [-0.4, -0.2) is 29.7 Å². The molecule has 19 heavy (non-hydrogen) atoms. The van der Waals surface area contributed by atoms with Gasteiger partial charge in [-0.2, -0.15) is 0 Å². The zero-order chi connectivity index (χ0) is 14.0. The average molecular weight is 265 g/mol. The number of rotatable bonds is 4. The van der Waals surface area contributed by atoms with E-state index in [1.807, 2.05) is 19.9 Å². The minimum absolute atomic E-state index is 0.00360. The van der Waals surface area contributed by atoms with Crippen LogP contribution in [0.5, 0.6) is 5.75 Å². The Labute approximate surface area is 110 Å². The highest BCUT2D eigenvalue weighted by Gasteiger charge is 2.31. The van der Waals surface area contributed by atoms with E-state index in [1.165, 1.54) is 0 Å². The number of carbonyl (C=O) groups excluding carboxylic acids is 1. The van der Waals surface area contributed by atoms with Crippen LogP contribution >= 0.6 is 0 Å². The number of hydrogen-bond donors (Lipinski definition) is 2. The predicted octanol–water partition coefficient (Wildman–Crippen LogP) is 1.32. The summed E-state index contributed by atoms with van der Waals surface area (Å²) in [6.07, 6.45) is 0.00360. The van der Waals surface area contributed by atoms with Gasteiger partial charge in [0.2, 0.25) is 0 Å². The number of benzene rings is 1. The monoisotopic (exact) mass is 265 g/mol. The molecule has 2 unspecified atom stereocenters. The average Bonchev–Trinajstić information content (AvgIpc) is 2.65. The van der Waals surface area contributed by atoms with Crippen LogP contribution in [0.3, 0.4) is 0 Å². The van der Waals surface area contributed by atoms with Crippen LogP contribution in [0.25, 0.3) is 0 Å². The smallest absolute Gasteiger partial charge is 0.332 e. The van der Waals surface area contributed by atoms with Crippen molar-refractivity contribution in [3.8, 4) is 5.75 Å². The van der Waals surface area contributed by atoms with Gasteiger partial charge in [0.25, 0.3) is 5.91 Å². The van der Waals surface area contributed by atoms with Gasteiger partial charge in [-0.1, -0.05) is 19.1 Å². The van der Waals surface area contributed by atoms with Gasteiger partial charge in [-0.05, 0) is 13.0 Å². The molecule has 6 heteroatoms. The second-order valence-corrected chi connectivity index (χ2v) is 4.45. The van der Waals surface area contributed by atoms with Crippen molar-refractivity contribution in [1.82, 2.24) is 5.48 Å². The zero-order valence-corrected chi connectivity index (χ0v) is 10.7. The summed E-state index contributed by atoms with van der Waals surface area (Å²) < 4.78 is 5.67. The van der Waals surface area contributed by atoms with Gasteiger partial charge in [-0.25, -0.2) is 10.3 Å². The molecule has 0 aromatic heterocycles. The van der Waals surface area contributed by atoms with E-state index in [2.05, 4.69) is 10.3 Å². The van der Waals surface area contributed by atoms with Crippen LogP contribution < -0.4 is 10.2 Å². The Hall–Kier alpha value is -2.08. The summed E-state index contributed by atoms with van der Waals surface area (Å²) in [5.41, 5.74) is 3.41. The SMILES string of the molecule is CC1Oc2c(C(=O)NOCC(=O)O)cccc2C1C. The number of amides is 1. The predicted molar refractivity (Wildman–Crippen MR) is 66.0 cm³/mol. The first-order chi connectivity index (χ1) is 9.00. The fourth-order valence-electron chi connectivity index (χ4n) is 1.98. The van der Waals surface area contributed by atoms with E-state index in [-0.39, 0.29) is 12.0 Å². The zero-order valence-electron chi connectivity index (χ0n) is 10.7. The number of ether oxygens (including phenoxy) is 1. The normalized spacial score (nSPS) is 20.5. The maximum atomic E-state index is 11.9. The van der Waals surface area contributed by atoms with Gasteiger partial charge >= 0.3 is 5.97 Å². The molecule has 6 nitrogen and oxygen atoms in total. The number of carboxylic acids is 1. The van der Waals surface area contributed by atoms with Crippen LogP contribution in [-0.2, 0) is 9.63 Å². The Bertz CT molecular complexity index is 514. The van der Waals surface area contributed by atoms with Crippen LogP contribution in [0.15, 0.2) is 18.2 Å². The maximum Gasteiger partial charge on any atom is 0.332 e. The van der Waals surface area contributed by atoms with E-state index in [0.29, 0.717) is 11.3 Å². The molecule has 1 aromatic rings. The van der Waals surface area contributed by atoms with Crippen molar-refractivity contribution < 1.29 is 24.3 Å². The molecule has 1 heterocycles. The molecule has 0 radical (unpaired) electrons. The van der Waals surface area contributed by atoms with E-state index < -0.39 is 18.5 Å². The fraction of sp³-hybridized carbons (Fsp3) is 0.385. The number of carboxylic acid groups (broad SMARTS) is 1. The topological polar surface area (TPSA) is 84.9 Å². The minimum atomic E-state index is -1.16. The lowest BCUT2D eigenvalue weighted by atomic mass is 9.97. The molecule has 1 aliphatic heterocycles. The van der Waals surface area contributed by atoms with E-state index in [4.69, 9.17) is 9.84 Å². The highest BCUT2D eigenvalue weighted by Crippen LogP contribution is 2.40. The molecule has 0 saturated carbocycles. The summed E-state index contributed by atoms with van der Waals surface area (Å²) in [5, 5.41) is 8.42. The standard InChI is InChI=1S/C13H15NO5/c1-7-8(2)19-12-9(7)4-3-5-10(12)13(17)14-18-6-11(15)16/h3-5,7-8H,6H2,1-2H3,(H,14,17)(H,15,16). The van der Waals surface area contributed by atoms with Gasteiger partial charge in [-0.15, -0.1) is 0 Å². The van der Waals surface area contributed by atoms with Crippen molar-refractivity contribution >= 4 is 11.9 Å².